The smallest absolute Gasteiger partial charge is 0.416 e. The Balaban J connectivity index is 2.55. The molecule has 0 aliphatic rings. The standard InChI is InChI=1S/C14H9F3N2O/c1-20-13-7-10(14(15,16)17)2-3-11(13)12-6-9(8-18)4-5-19-12/h2-7H,1H3. The molecule has 6 heteroatoms. The molecule has 20 heavy (non-hydrogen) atoms. The van der Waals surface area contributed by atoms with Crippen LogP contribution in [0, 0.1) is 11.3 Å². The number of aromatic nitrogens is 1. The van der Waals surface area contributed by atoms with Gasteiger partial charge in [0.05, 0.1) is 30.0 Å². The van der Waals surface area contributed by atoms with E-state index in [1.165, 1.54) is 31.5 Å². The predicted octanol–water partition coefficient (Wildman–Crippen LogP) is 3.65. The van der Waals surface area contributed by atoms with Crippen LogP contribution in [0.4, 0.5) is 13.2 Å². The van der Waals surface area contributed by atoms with Crippen LogP contribution in [0.5, 0.6) is 5.75 Å². The Hall–Kier alpha value is -2.55. The number of nitrogens with zero attached hydrogens (tertiary/aromatic N) is 2. The van der Waals surface area contributed by atoms with Gasteiger partial charge in [-0.25, -0.2) is 0 Å². The van der Waals surface area contributed by atoms with Crippen LogP contribution in [0.3, 0.4) is 0 Å². The number of rotatable bonds is 2. The van der Waals surface area contributed by atoms with E-state index in [1.807, 2.05) is 6.07 Å². The van der Waals surface area contributed by atoms with Crippen LogP contribution in [0.1, 0.15) is 11.1 Å². The van der Waals surface area contributed by atoms with E-state index in [4.69, 9.17) is 10.00 Å². The molecule has 0 saturated heterocycles. The number of alkyl halides is 3. The summed E-state index contributed by atoms with van der Waals surface area (Å²) in [5.41, 5.74) is 0.360. The zero-order valence-corrected chi connectivity index (χ0v) is 10.4. The fourth-order valence-electron chi connectivity index (χ4n) is 1.73. The van der Waals surface area contributed by atoms with Crippen molar-refractivity contribution in [1.82, 2.24) is 4.98 Å². The summed E-state index contributed by atoms with van der Waals surface area (Å²) >= 11 is 0. The van der Waals surface area contributed by atoms with Crippen molar-refractivity contribution in [1.29, 1.82) is 5.26 Å². The molecule has 0 atom stereocenters. The van der Waals surface area contributed by atoms with Crippen LogP contribution in [0.25, 0.3) is 11.3 Å². The maximum absolute atomic E-state index is 12.6. The molecule has 0 bridgehead atoms. The molecule has 3 nitrogen and oxygen atoms in total. The molecular formula is C14H9F3N2O. The fourth-order valence-corrected chi connectivity index (χ4v) is 1.73. The zero-order valence-electron chi connectivity index (χ0n) is 10.4. The third-order valence-corrected chi connectivity index (χ3v) is 2.69. The zero-order chi connectivity index (χ0) is 14.8. The highest BCUT2D eigenvalue weighted by Gasteiger charge is 2.31. The van der Waals surface area contributed by atoms with Gasteiger partial charge in [0.25, 0.3) is 0 Å². The minimum atomic E-state index is -4.44. The fraction of sp³-hybridized carbons (Fsp3) is 0.143. The first kappa shape index (κ1) is 13.9. The largest absolute Gasteiger partial charge is 0.496 e. The number of ether oxygens (including phenoxy) is 1. The van der Waals surface area contributed by atoms with Crippen molar-refractivity contribution in [3.05, 3.63) is 47.7 Å². The minimum Gasteiger partial charge on any atom is -0.496 e. The molecule has 0 saturated carbocycles. The molecule has 0 unspecified atom stereocenters. The van der Waals surface area contributed by atoms with Crippen molar-refractivity contribution in [2.24, 2.45) is 0 Å². The molecule has 102 valence electrons. The van der Waals surface area contributed by atoms with Gasteiger partial charge in [-0.05, 0) is 30.3 Å². The lowest BCUT2D eigenvalue weighted by atomic mass is 10.1. The summed E-state index contributed by atoms with van der Waals surface area (Å²) in [5, 5.41) is 8.83. The highest BCUT2D eigenvalue weighted by atomic mass is 19.4. The quantitative estimate of drug-likeness (QED) is 0.842. The monoisotopic (exact) mass is 278 g/mol. The van der Waals surface area contributed by atoms with E-state index in [-0.39, 0.29) is 5.75 Å². The van der Waals surface area contributed by atoms with Gasteiger partial charge in [-0.2, -0.15) is 18.4 Å². The lowest BCUT2D eigenvalue weighted by molar-refractivity contribution is -0.137. The van der Waals surface area contributed by atoms with Gasteiger partial charge in [-0.1, -0.05) is 0 Å². The molecule has 1 aromatic carbocycles. The number of nitriles is 1. The van der Waals surface area contributed by atoms with Crippen LogP contribution < -0.4 is 4.74 Å². The summed E-state index contributed by atoms with van der Waals surface area (Å²) < 4.78 is 42.9. The Bertz CT molecular complexity index is 675. The van der Waals surface area contributed by atoms with E-state index < -0.39 is 11.7 Å². The van der Waals surface area contributed by atoms with Crippen molar-refractivity contribution in [3.63, 3.8) is 0 Å². The molecule has 1 heterocycles. The Morgan fingerprint density at radius 2 is 1.95 bits per heavy atom. The topological polar surface area (TPSA) is 45.9 Å². The van der Waals surface area contributed by atoms with Gasteiger partial charge in [0.1, 0.15) is 5.75 Å². The highest BCUT2D eigenvalue weighted by Crippen LogP contribution is 2.36. The third-order valence-electron chi connectivity index (χ3n) is 2.69. The van der Waals surface area contributed by atoms with Crippen LogP contribution >= 0.6 is 0 Å². The first-order valence-corrected chi connectivity index (χ1v) is 5.57. The van der Waals surface area contributed by atoms with Crippen molar-refractivity contribution in [3.8, 4) is 23.1 Å². The van der Waals surface area contributed by atoms with Gasteiger partial charge in [-0.3, -0.25) is 4.98 Å². The summed E-state index contributed by atoms with van der Waals surface area (Å²) in [6.07, 6.45) is -3.02. The Morgan fingerprint density at radius 3 is 2.55 bits per heavy atom. The van der Waals surface area contributed by atoms with Crippen molar-refractivity contribution >= 4 is 0 Å². The third kappa shape index (κ3) is 2.72. The normalized spacial score (nSPS) is 10.9. The summed E-state index contributed by atoms with van der Waals surface area (Å²) in [7, 11) is 1.28. The van der Waals surface area contributed by atoms with Gasteiger partial charge >= 0.3 is 6.18 Å². The summed E-state index contributed by atoms with van der Waals surface area (Å²) in [6, 6.07) is 8.11. The van der Waals surface area contributed by atoms with Crippen LogP contribution in [-0.2, 0) is 6.18 Å². The molecule has 2 rings (SSSR count). The molecule has 0 aliphatic carbocycles. The SMILES string of the molecule is COc1cc(C(F)(F)F)ccc1-c1cc(C#N)ccn1. The number of benzene rings is 1. The number of pyridine rings is 1. The van der Waals surface area contributed by atoms with Gasteiger partial charge in [0.2, 0.25) is 0 Å². The van der Waals surface area contributed by atoms with Gasteiger partial charge in [0, 0.05) is 11.8 Å². The summed E-state index contributed by atoms with van der Waals surface area (Å²) in [5.74, 6) is 0.0578. The average Bonchev–Trinajstić information content (AvgIpc) is 2.45. The van der Waals surface area contributed by atoms with Gasteiger partial charge in [0.15, 0.2) is 0 Å². The first-order chi connectivity index (χ1) is 9.45. The maximum Gasteiger partial charge on any atom is 0.416 e. The summed E-state index contributed by atoms with van der Waals surface area (Å²) in [4.78, 5) is 4.05. The van der Waals surface area contributed by atoms with Gasteiger partial charge in [-0.15, -0.1) is 0 Å². The summed E-state index contributed by atoms with van der Waals surface area (Å²) in [6.45, 7) is 0. The molecule has 0 amide bonds. The molecule has 0 radical (unpaired) electrons. The highest BCUT2D eigenvalue weighted by molar-refractivity contribution is 5.68. The Morgan fingerprint density at radius 1 is 1.20 bits per heavy atom. The second-order valence-electron chi connectivity index (χ2n) is 3.95. The first-order valence-electron chi connectivity index (χ1n) is 5.57. The van der Waals surface area contributed by atoms with E-state index in [2.05, 4.69) is 4.98 Å². The molecule has 0 fully saturated rings. The van der Waals surface area contributed by atoms with E-state index in [9.17, 15) is 13.2 Å². The van der Waals surface area contributed by atoms with Crippen LogP contribution in [0.2, 0.25) is 0 Å². The Labute approximate surface area is 113 Å². The predicted molar refractivity (Wildman–Crippen MR) is 65.9 cm³/mol. The van der Waals surface area contributed by atoms with E-state index in [0.29, 0.717) is 16.8 Å². The van der Waals surface area contributed by atoms with E-state index in [1.54, 1.807) is 0 Å². The van der Waals surface area contributed by atoms with Gasteiger partial charge < -0.3 is 4.74 Å². The molecule has 0 aliphatic heterocycles. The van der Waals surface area contributed by atoms with Crippen molar-refractivity contribution in [2.75, 3.05) is 7.11 Å². The second kappa shape index (κ2) is 5.21. The lowest BCUT2D eigenvalue weighted by Gasteiger charge is -2.12. The number of hydrogen-bond donors (Lipinski definition) is 0. The number of methoxy groups -OCH3 is 1. The second-order valence-corrected chi connectivity index (χ2v) is 3.95. The maximum atomic E-state index is 12.6. The van der Waals surface area contributed by atoms with Crippen LogP contribution in [0.15, 0.2) is 36.5 Å². The van der Waals surface area contributed by atoms with Crippen LogP contribution in [-0.4, -0.2) is 12.1 Å². The molecule has 0 N–H and O–H groups in total. The van der Waals surface area contributed by atoms with Crippen molar-refractivity contribution in [2.45, 2.75) is 6.18 Å². The van der Waals surface area contributed by atoms with Crippen molar-refractivity contribution < 1.29 is 17.9 Å². The molecule has 0 spiro atoms. The van der Waals surface area contributed by atoms with E-state index >= 15 is 0 Å². The average molecular weight is 278 g/mol. The number of halogens is 3. The Kier molecular flexibility index (Phi) is 3.61. The minimum absolute atomic E-state index is 0.0578. The molecule has 1 aromatic heterocycles. The molecular weight excluding hydrogens is 269 g/mol. The molecule has 2 aromatic rings. The lowest BCUT2D eigenvalue weighted by Crippen LogP contribution is -2.05. The van der Waals surface area contributed by atoms with E-state index in [0.717, 1.165) is 12.1 Å². The number of hydrogen-bond acceptors (Lipinski definition) is 3.